The minimum absolute atomic E-state index is 0.112. The number of unbranched alkanes of at least 4 members (excludes halogenated alkanes) is 16. The molecule has 0 aliphatic rings. The van der Waals surface area contributed by atoms with Gasteiger partial charge in [0.1, 0.15) is 0 Å². The third kappa shape index (κ3) is 12.1. The minimum atomic E-state index is 0.112. The van der Waals surface area contributed by atoms with E-state index in [1.165, 1.54) is 168 Å². The second-order valence-corrected chi connectivity index (χ2v) is 21.7. The Bertz CT molecular complexity index is 2280. The van der Waals surface area contributed by atoms with Crippen LogP contribution in [0, 0.1) is 11.8 Å². The van der Waals surface area contributed by atoms with Crippen molar-refractivity contribution < 1.29 is 0 Å². The van der Waals surface area contributed by atoms with Gasteiger partial charge in [-0.25, -0.2) is 0 Å². The zero-order valence-corrected chi connectivity index (χ0v) is 40.4. The Labute approximate surface area is 369 Å². The molecule has 5 heterocycles. The molecule has 0 saturated carbocycles. The van der Waals surface area contributed by atoms with Gasteiger partial charge in [-0.15, -0.1) is 0 Å². The van der Waals surface area contributed by atoms with E-state index in [1.807, 2.05) is 11.3 Å². The maximum absolute atomic E-state index is 15.0. The fourth-order valence-electron chi connectivity index (χ4n) is 9.55. The summed E-state index contributed by atoms with van der Waals surface area (Å²) in [5.41, 5.74) is 2.34. The maximum atomic E-state index is 15.0. The molecule has 4 nitrogen and oxygen atoms in total. The van der Waals surface area contributed by atoms with Crippen molar-refractivity contribution in [1.82, 2.24) is 9.13 Å². The van der Waals surface area contributed by atoms with Crippen LogP contribution in [0.25, 0.3) is 51.3 Å². The summed E-state index contributed by atoms with van der Waals surface area (Å²) in [6, 6.07) is 13.2. The third-order valence-electron chi connectivity index (χ3n) is 13.0. The number of aromatic nitrogens is 2. The third-order valence-corrected chi connectivity index (χ3v) is 17.4. The normalized spacial score (nSPS) is 13.2. The van der Waals surface area contributed by atoms with Crippen LogP contribution < -0.4 is 11.1 Å². The van der Waals surface area contributed by atoms with Gasteiger partial charge in [0, 0.05) is 0 Å². The molecule has 6 rings (SSSR count). The molecule has 59 heavy (non-hydrogen) atoms. The van der Waals surface area contributed by atoms with Crippen LogP contribution in [0.2, 0.25) is 0 Å². The van der Waals surface area contributed by atoms with E-state index in [-0.39, 0.29) is 11.1 Å². The Balaban J connectivity index is 1.41. The summed E-state index contributed by atoms with van der Waals surface area (Å²) in [6.07, 6.45) is 30.4. The standard InChI is InChI=1S/C52H74N2O2S2Se/c1-5-9-13-17-19-23-28-39(26-21-15-11-7-3)37-53-45-31-32-57-49(45)41-34-44-42(35-43(41)51(53)55)50-46(36-47(58-50)48-30-25-33-59-48)54(52(44)56)38-40(27-22-16-12-8-4)29-24-20-18-14-10-6-2/h25,30-36,39-40H,5-24,26-29,37-38H2,1-4H3. The Hall–Kier alpha value is -2.44. The molecule has 1 aromatic carbocycles. The number of hydrogen-bond donors (Lipinski definition) is 0. The number of thiophene rings is 2. The van der Waals surface area contributed by atoms with Crippen molar-refractivity contribution in [2.45, 2.75) is 195 Å². The molecule has 0 bridgehead atoms. The Kier molecular flexibility index (Phi) is 18.9. The number of nitrogens with zero attached hydrogens (tertiary/aromatic N) is 2. The van der Waals surface area contributed by atoms with Gasteiger partial charge >= 0.3 is 267 Å². The zero-order valence-electron chi connectivity index (χ0n) is 37.1. The van der Waals surface area contributed by atoms with Crippen molar-refractivity contribution in [1.29, 1.82) is 0 Å². The van der Waals surface area contributed by atoms with E-state index < -0.39 is 0 Å². The van der Waals surface area contributed by atoms with Crippen molar-refractivity contribution in [2.75, 3.05) is 0 Å². The average Bonchev–Trinajstić information content (AvgIpc) is 4.05. The molecule has 2 unspecified atom stereocenters. The predicted octanol–water partition coefficient (Wildman–Crippen LogP) is 16.1. The first-order valence-electron chi connectivity index (χ1n) is 24.1. The van der Waals surface area contributed by atoms with Gasteiger partial charge in [0.05, 0.1) is 0 Å². The van der Waals surface area contributed by atoms with Crippen LogP contribution in [0.3, 0.4) is 0 Å². The van der Waals surface area contributed by atoms with Crippen LogP contribution in [0.1, 0.15) is 182 Å². The molecule has 5 aromatic heterocycles. The van der Waals surface area contributed by atoms with Crippen molar-refractivity contribution in [3.63, 3.8) is 0 Å². The molecule has 0 aliphatic carbocycles. The van der Waals surface area contributed by atoms with Crippen LogP contribution in [0.15, 0.2) is 56.3 Å². The fraction of sp³-hybridized carbons (Fsp3) is 0.615. The number of rotatable bonds is 29. The van der Waals surface area contributed by atoms with E-state index >= 15 is 4.79 Å². The van der Waals surface area contributed by atoms with Gasteiger partial charge in [0.15, 0.2) is 0 Å². The van der Waals surface area contributed by atoms with E-state index in [2.05, 4.69) is 83.5 Å². The summed E-state index contributed by atoms with van der Waals surface area (Å²) in [5, 5.41) is 5.61. The Morgan fingerprint density at radius 1 is 0.525 bits per heavy atom. The summed E-state index contributed by atoms with van der Waals surface area (Å²) < 4.78 is 7.99. The first-order valence-corrected chi connectivity index (χ1v) is 27.6. The summed E-state index contributed by atoms with van der Waals surface area (Å²) in [6.45, 7) is 10.7. The Morgan fingerprint density at radius 3 is 1.47 bits per heavy atom. The van der Waals surface area contributed by atoms with Crippen molar-refractivity contribution >= 4 is 79.2 Å². The second-order valence-electron chi connectivity index (χ2n) is 17.8. The van der Waals surface area contributed by atoms with Gasteiger partial charge in [-0.05, 0) is 0 Å². The molecule has 0 aliphatic heterocycles. The van der Waals surface area contributed by atoms with Gasteiger partial charge in [0.2, 0.25) is 0 Å². The first kappa shape index (κ1) is 46.1. The molecule has 0 N–H and O–H groups in total. The van der Waals surface area contributed by atoms with Gasteiger partial charge in [0.25, 0.3) is 0 Å². The van der Waals surface area contributed by atoms with Crippen LogP contribution >= 0.6 is 22.7 Å². The van der Waals surface area contributed by atoms with Crippen LogP contribution in [-0.2, 0) is 13.1 Å². The van der Waals surface area contributed by atoms with Gasteiger partial charge < -0.3 is 0 Å². The number of benzene rings is 1. The van der Waals surface area contributed by atoms with Gasteiger partial charge in [-0.2, -0.15) is 0 Å². The van der Waals surface area contributed by atoms with Crippen molar-refractivity contribution in [3.8, 4) is 9.31 Å². The fourth-order valence-corrected chi connectivity index (χ4v) is 13.4. The summed E-state index contributed by atoms with van der Waals surface area (Å²) in [4.78, 5) is 33.5. The van der Waals surface area contributed by atoms with Crippen LogP contribution in [-0.4, -0.2) is 23.6 Å². The number of pyridine rings is 2. The molecule has 2 atom stereocenters. The molecule has 0 amide bonds. The van der Waals surface area contributed by atoms with E-state index in [0.29, 0.717) is 26.3 Å². The van der Waals surface area contributed by atoms with Gasteiger partial charge in [-0.3, -0.25) is 0 Å². The molecule has 0 spiro atoms. The van der Waals surface area contributed by atoms with Crippen LogP contribution in [0.5, 0.6) is 0 Å². The van der Waals surface area contributed by atoms with E-state index in [1.54, 1.807) is 11.3 Å². The summed E-state index contributed by atoms with van der Waals surface area (Å²) in [7, 11) is 0. The topological polar surface area (TPSA) is 44.0 Å². The van der Waals surface area contributed by atoms with Gasteiger partial charge in [-0.1, -0.05) is 105 Å². The molecular weight excluding hydrogens is 828 g/mol. The van der Waals surface area contributed by atoms with Crippen molar-refractivity contribution in [3.05, 3.63) is 67.4 Å². The Morgan fingerprint density at radius 2 is 0.983 bits per heavy atom. The van der Waals surface area contributed by atoms with E-state index in [4.69, 9.17) is 0 Å². The second kappa shape index (κ2) is 24.3. The molecule has 7 heteroatoms. The number of hydrogen-bond acceptors (Lipinski definition) is 4. The first-order chi connectivity index (χ1) is 29.0. The molecule has 0 radical (unpaired) electrons. The summed E-state index contributed by atoms with van der Waals surface area (Å²) in [5.74, 6) is 0.983. The zero-order chi connectivity index (χ0) is 41.4. The van der Waals surface area contributed by atoms with Crippen LogP contribution in [0.4, 0.5) is 0 Å². The van der Waals surface area contributed by atoms with E-state index in [0.717, 1.165) is 50.4 Å². The number of fused-ring (bicyclic) bond motifs is 6. The average molecular weight is 902 g/mol. The molecule has 322 valence electrons. The quantitative estimate of drug-likeness (QED) is 0.0267. The SMILES string of the molecule is CCCCCCCCC(CCCCCC)Cn1c(=O)c2cc3c(cc2c2sccc21)c(=O)n(CC(CCCCCC)CCCCCCCC)c1cc(-c2ccc[se]2)sc31. The molecule has 0 saturated heterocycles. The van der Waals surface area contributed by atoms with E-state index in [9.17, 15) is 4.79 Å². The monoisotopic (exact) mass is 902 g/mol. The molecule has 6 aromatic rings. The predicted molar refractivity (Wildman–Crippen MR) is 264 cm³/mol. The van der Waals surface area contributed by atoms with Crippen molar-refractivity contribution in [2.24, 2.45) is 11.8 Å². The molecule has 0 fully saturated rings. The summed E-state index contributed by atoms with van der Waals surface area (Å²) >= 11 is 3.86. The molecular formula is C52H74N2O2S2Se.